The van der Waals surface area contributed by atoms with Crippen LogP contribution in [-0.4, -0.2) is 0 Å². The molecule has 0 spiro atoms. The van der Waals surface area contributed by atoms with Crippen molar-refractivity contribution in [2.45, 2.75) is 0 Å². The molecule has 2 nitrogen and oxygen atoms in total. The molecular weight excluding hydrogens is 488 g/mol. The predicted octanol–water partition coefficient (Wildman–Crippen LogP) is 11.0. The Bertz CT molecular complexity index is 2120. The Kier molecular flexibility index (Phi) is 5.17. The molecule has 2 heterocycles. The van der Waals surface area contributed by atoms with E-state index < -0.39 is 0 Å². The van der Waals surface area contributed by atoms with Crippen molar-refractivity contribution in [2.75, 3.05) is 0 Å². The highest BCUT2D eigenvalue weighted by Gasteiger charge is 2.23. The van der Waals surface area contributed by atoms with E-state index in [4.69, 9.17) is 8.83 Å². The quantitative estimate of drug-likeness (QED) is 0.234. The van der Waals surface area contributed by atoms with E-state index in [1.807, 2.05) is 12.1 Å². The van der Waals surface area contributed by atoms with Gasteiger partial charge in [0.05, 0.1) is 0 Å². The summed E-state index contributed by atoms with van der Waals surface area (Å²) in [5.74, 6) is 1.76. The fraction of sp³-hybridized carbons (Fsp3) is 0. The molecule has 0 amide bonds. The summed E-state index contributed by atoms with van der Waals surface area (Å²) in [5.41, 5.74) is 8.35. The van der Waals surface area contributed by atoms with Crippen molar-refractivity contribution < 1.29 is 8.83 Å². The van der Waals surface area contributed by atoms with Gasteiger partial charge >= 0.3 is 0 Å². The summed E-state index contributed by atoms with van der Waals surface area (Å²) >= 11 is 0. The van der Waals surface area contributed by atoms with Crippen molar-refractivity contribution in [1.82, 2.24) is 0 Å². The number of rotatable bonds is 4. The molecule has 188 valence electrons. The van der Waals surface area contributed by atoms with Crippen LogP contribution in [0.25, 0.3) is 77.6 Å². The molecule has 0 N–H and O–H groups in total. The monoisotopic (exact) mass is 512 g/mol. The Morgan fingerprint density at radius 3 is 1.35 bits per heavy atom. The van der Waals surface area contributed by atoms with Gasteiger partial charge in [0, 0.05) is 38.4 Å². The molecule has 0 unspecified atom stereocenters. The van der Waals surface area contributed by atoms with Gasteiger partial charge in [0.15, 0.2) is 0 Å². The molecule has 0 aliphatic heterocycles. The van der Waals surface area contributed by atoms with Crippen LogP contribution in [0.15, 0.2) is 154 Å². The van der Waals surface area contributed by atoms with Crippen LogP contribution in [-0.2, 0) is 0 Å². The van der Waals surface area contributed by atoms with Gasteiger partial charge in [0.25, 0.3) is 0 Å². The maximum absolute atomic E-state index is 6.81. The molecule has 40 heavy (non-hydrogen) atoms. The van der Waals surface area contributed by atoms with E-state index in [1.54, 1.807) is 0 Å². The summed E-state index contributed by atoms with van der Waals surface area (Å²) in [6.07, 6.45) is 0. The van der Waals surface area contributed by atoms with E-state index in [9.17, 15) is 0 Å². The zero-order valence-corrected chi connectivity index (χ0v) is 21.7. The molecule has 2 heteroatoms. The van der Waals surface area contributed by atoms with Gasteiger partial charge in [-0.1, -0.05) is 127 Å². The Hall–Kier alpha value is -5.34. The maximum Gasteiger partial charge on any atom is 0.143 e. The van der Waals surface area contributed by atoms with Gasteiger partial charge in [-0.2, -0.15) is 0 Å². The molecule has 8 aromatic rings. The van der Waals surface area contributed by atoms with Crippen LogP contribution < -0.4 is 0 Å². The lowest BCUT2D eigenvalue weighted by Crippen LogP contribution is -1.83. The predicted molar refractivity (Wildman–Crippen MR) is 165 cm³/mol. The molecule has 0 saturated heterocycles. The SMILES string of the molecule is c1ccc(-c2oc3c(ccc4c3ccc3oc(-c5ccccc5)c(-c5ccccc5)c34)c2-c2ccccc2)cc1. The highest BCUT2D eigenvalue weighted by atomic mass is 16.3. The second-order valence-corrected chi connectivity index (χ2v) is 10.1. The lowest BCUT2D eigenvalue weighted by molar-refractivity contribution is 0.632. The van der Waals surface area contributed by atoms with Gasteiger partial charge in [-0.05, 0) is 34.7 Å². The van der Waals surface area contributed by atoms with Gasteiger partial charge in [0.1, 0.15) is 22.7 Å². The van der Waals surface area contributed by atoms with Crippen LogP contribution in [0, 0.1) is 0 Å². The average Bonchev–Trinajstić information content (AvgIpc) is 3.62. The molecule has 6 aromatic carbocycles. The molecule has 0 aliphatic rings. The largest absolute Gasteiger partial charge is 0.455 e. The van der Waals surface area contributed by atoms with Crippen molar-refractivity contribution in [3.8, 4) is 44.9 Å². The summed E-state index contributed by atoms with van der Waals surface area (Å²) in [7, 11) is 0. The number of fused-ring (bicyclic) bond motifs is 5. The second-order valence-electron chi connectivity index (χ2n) is 10.1. The molecule has 0 saturated carbocycles. The first-order valence-corrected chi connectivity index (χ1v) is 13.5. The molecule has 2 aromatic heterocycles. The van der Waals surface area contributed by atoms with E-state index in [0.29, 0.717) is 0 Å². The van der Waals surface area contributed by atoms with E-state index in [0.717, 1.165) is 77.6 Å². The third-order valence-electron chi connectivity index (χ3n) is 7.70. The fourth-order valence-corrected chi connectivity index (χ4v) is 5.91. The van der Waals surface area contributed by atoms with Crippen molar-refractivity contribution in [1.29, 1.82) is 0 Å². The van der Waals surface area contributed by atoms with Crippen LogP contribution >= 0.6 is 0 Å². The molecule has 0 atom stereocenters. The first-order chi connectivity index (χ1) is 19.9. The topological polar surface area (TPSA) is 26.3 Å². The van der Waals surface area contributed by atoms with Crippen LogP contribution in [0.3, 0.4) is 0 Å². The van der Waals surface area contributed by atoms with E-state index in [2.05, 4.69) is 133 Å². The summed E-state index contributed by atoms with van der Waals surface area (Å²) in [5, 5.41) is 4.39. The standard InChI is InChI=1S/C38H24O2/c1-5-13-25(14-6-1)33-31-22-21-29-30(38(31)40-36(33)27-17-9-3-10-18-27)23-24-32-35(29)34(26-15-7-2-8-16-26)37(39-32)28-19-11-4-12-20-28/h1-24H. The van der Waals surface area contributed by atoms with Gasteiger partial charge in [0.2, 0.25) is 0 Å². The Balaban J connectivity index is 1.49. The van der Waals surface area contributed by atoms with Gasteiger partial charge < -0.3 is 8.83 Å². The summed E-state index contributed by atoms with van der Waals surface area (Å²) in [4.78, 5) is 0. The third-order valence-corrected chi connectivity index (χ3v) is 7.70. The van der Waals surface area contributed by atoms with Crippen molar-refractivity contribution in [3.05, 3.63) is 146 Å². The minimum absolute atomic E-state index is 0.864. The van der Waals surface area contributed by atoms with E-state index >= 15 is 0 Å². The molecule has 0 bridgehead atoms. The van der Waals surface area contributed by atoms with Crippen LogP contribution in [0.5, 0.6) is 0 Å². The molecular formula is C38H24O2. The average molecular weight is 513 g/mol. The van der Waals surface area contributed by atoms with Gasteiger partial charge in [-0.3, -0.25) is 0 Å². The molecule has 0 aliphatic carbocycles. The number of hydrogen-bond donors (Lipinski definition) is 0. The molecule has 8 rings (SSSR count). The fourth-order valence-electron chi connectivity index (χ4n) is 5.91. The highest BCUT2D eigenvalue weighted by Crippen LogP contribution is 2.47. The van der Waals surface area contributed by atoms with Gasteiger partial charge in [-0.25, -0.2) is 0 Å². The lowest BCUT2D eigenvalue weighted by Gasteiger charge is -2.06. The zero-order chi connectivity index (χ0) is 26.5. The Morgan fingerprint density at radius 2 is 0.775 bits per heavy atom. The maximum atomic E-state index is 6.81. The number of furan rings is 2. The smallest absolute Gasteiger partial charge is 0.143 e. The lowest BCUT2D eigenvalue weighted by atomic mass is 9.93. The summed E-state index contributed by atoms with van der Waals surface area (Å²) in [6.45, 7) is 0. The van der Waals surface area contributed by atoms with Gasteiger partial charge in [-0.15, -0.1) is 0 Å². The minimum Gasteiger partial charge on any atom is -0.455 e. The first-order valence-electron chi connectivity index (χ1n) is 13.5. The number of hydrogen-bond acceptors (Lipinski definition) is 2. The molecule has 0 radical (unpaired) electrons. The minimum atomic E-state index is 0.864. The van der Waals surface area contributed by atoms with Crippen molar-refractivity contribution >= 4 is 32.7 Å². The van der Waals surface area contributed by atoms with Crippen molar-refractivity contribution in [3.63, 3.8) is 0 Å². The zero-order valence-electron chi connectivity index (χ0n) is 21.7. The molecule has 0 fully saturated rings. The first kappa shape index (κ1) is 22.6. The van der Waals surface area contributed by atoms with Crippen molar-refractivity contribution in [2.24, 2.45) is 0 Å². The van der Waals surface area contributed by atoms with Crippen LogP contribution in [0.4, 0.5) is 0 Å². The van der Waals surface area contributed by atoms with Crippen LogP contribution in [0.2, 0.25) is 0 Å². The van der Waals surface area contributed by atoms with E-state index in [1.165, 1.54) is 0 Å². The number of benzene rings is 6. The second kappa shape index (κ2) is 9.14. The van der Waals surface area contributed by atoms with Crippen LogP contribution in [0.1, 0.15) is 0 Å². The highest BCUT2D eigenvalue weighted by molar-refractivity contribution is 6.22. The Labute approximate surface area is 231 Å². The normalized spacial score (nSPS) is 11.5. The summed E-state index contributed by atoms with van der Waals surface area (Å²) < 4.78 is 13.4. The Morgan fingerprint density at radius 1 is 0.325 bits per heavy atom. The third kappa shape index (κ3) is 3.50. The summed E-state index contributed by atoms with van der Waals surface area (Å²) in [6, 6.07) is 50.4. The van der Waals surface area contributed by atoms with E-state index in [-0.39, 0.29) is 0 Å².